The zero-order valence-corrected chi connectivity index (χ0v) is 64.0. The van der Waals surface area contributed by atoms with Crippen molar-refractivity contribution >= 4 is 72.9 Å². The first kappa shape index (κ1) is 93.7. The van der Waals surface area contributed by atoms with Gasteiger partial charge in [-0.3, -0.25) is 37.3 Å². The van der Waals surface area contributed by atoms with Crippen molar-refractivity contribution in [2.45, 2.75) is 361 Å². The molecular formula is C72H136N2O18P2S2-2. The Morgan fingerprint density at radius 2 is 0.562 bits per heavy atom. The molecule has 0 fully saturated rings. The van der Waals surface area contributed by atoms with Crippen LogP contribution in [0.1, 0.15) is 349 Å². The highest BCUT2D eigenvalue weighted by atomic mass is 33.1. The van der Waals surface area contributed by atoms with Gasteiger partial charge in [-0.2, -0.15) is 0 Å². The molecule has 0 heterocycles. The Morgan fingerprint density at radius 1 is 0.333 bits per heavy atom. The van der Waals surface area contributed by atoms with Gasteiger partial charge in [0.05, 0.1) is 39.5 Å². The lowest BCUT2D eigenvalue weighted by atomic mass is 10.1. The summed E-state index contributed by atoms with van der Waals surface area (Å²) in [5, 5.41) is 24.9. The molecule has 96 heavy (non-hydrogen) atoms. The van der Waals surface area contributed by atoms with E-state index in [1.165, 1.54) is 201 Å². The van der Waals surface area contributed by atoms with Crippen molar-refractivity contribution in [1.29, 1.82) is 0 Å². The molecule has 2 N–H and O–H groups in total. The van der Waals surface area contributed by atoms with Gasteiger partial charge in [0.25, 0.3) is 0 Å². The number of phosphoric ester groups is 2. The number of carbonyl (C=O) groups excluding carboxylic acids is 4. The zero-order chi connectivity index (χ0) is 70.5. The zero-order valence-electron chi connectivity index (χ0n) is 60.6. The molecule has 0 radical (unpaired) electrons. The van der Waals surface area contributed by atoms with Gasteiger partial charge in [0.15, 0.2) is 12.2 Å². The van der Waals surface area contributed by atoms with Crippen LogP contribution in [0.5, 0.6) is 0 Å². The van der Waals surface area contributed by atoms with Crippen LogP contribution in [-0.2, 0) is 65.4 Å². The van der Waals surface area contributed by atoms with Gasteiger partial charge in [-0.15, -0.1) is 0 Å². The summed E-state index contributed by atoms with van der Waals surface area (Å²) in [6.45, 7) is 5.79. The van der Waals surface area contributed by atoms with E-state index in [1.807, 2.05) is 0 Å². The molecule has 0 aromatic rings. The Kier molecular flexibility index (Phi) is 68.2. The molecular weight excluding hydrogens is 1310 g/mol. The maximum Gasteiger partial charge on any atom is 0.472 e. The smallest absolute Gasteiger partial charge is 0.472 e. The van der Waals surface area contributed by atoms with E-state index in [0.717, 1.165) is 77.0 Å². The average molecular weight is 1440 g/mol. The standard InChI is InChI=1S/C72H138N2O18P2S2/c1-5-9-13-17-21-25-29-33-37-41-45-49-69(77)85-61-65(91-71(79)51-47-43-39-35-31-27-23-19-15-11-7-3)63-89-93(81,82)87-57-55-73-67(75)53-59-95-96-60-54-68(76)74-56-58-88-94(83,84)90-64-66(92-72(80)52-48-44-40-36-32-28-24-20-16-12-8-4)62-86-70(78)50-46-42-38-34-30-26-22-18-14-10-6-2/h65-66H,5-64H2,1-4H3,(H,73,75)(H,74,76)(H,81,82)(H,83,84)/p-2. The van der Waals surface area contributed by atoms with Crippen LogP contribution < -0.4 is 10.2 Å². The monoisotopic (exact) mass is 1440 g/mol. The lowest BCUT2D eigenvalue weighted by molar-refractivity contribution is -0.219. The van der Waals surface area contributed by atoms with Crippen LogP contribution in [0, 0.1) is 0 Å². The third-order valence-corrected chi connectivity index (χ3v) is 20.8. The Morgan fingerprint density at radius 3 is 0.812 bits per heavy atom. The highest BCUT2D eigenvalue weighted by molar-refractivity contribution is 8.76. The normalized spacial score (nSPS) is 13.9. The largest absolute Gasteiger partial charge is 0.862 e. The second kappa shape index (κ2) is 69.8. The van der Waals surface area contributed by atoms with Crippen molar-refractivity contribution in [2.75, 3.05) is 64.2 Å². The lowest BCUT2D eigenvalue weighted by Crippen LogP contribution is -2.29. The number of nitrogens with zero attached hydrogens (tertiary/aromatic N) is 2. The quantitative estimate of drug-likeness (QED) is 0.0109. The van der Waals surface area contributed by atoms with Gasteiger partial charge in [-0.25, -0.2) is 9.13 Å². The Balaban J connectivity index is 4.88. The molecule has 0 spiro atoms. The van der Waals surface area contributed by atoms with E-state index in [-0.39, 0.29) is 64.8 Å². The van der Waals surface area contributed by atoms with Crippen molar-refractivity contribution < 1.29 is 85.4 Å². The summed E-state index contributed by atoms with van der Waals surface area (Å²) >= 11 is 0. The summed E-state index contributed by atoms with van der Waals surface area (Å²) in [7, 11) is -6.69. The van der Waals surface area contributed by atoms with Crippen molar-refractivity contribution in [2.24, 2.45) is 9.98 Å². The Hall–Kier alpha value is -2.26. The number of hydrogen-bond donors (Lipinski definition) is 2. The van der Waals surface area contributed by atoms with Gasteiger partial charge >= 0.3 is 39.5 Å². The minimum Gasteiger partial charge on any atom is -0.862 e. The molecule has 0 aliphatic carbocycles. The fourth-order valence-electron chi connectivity index (χ4n) is 10.6. The topological polar surface area (TPSA) is 288 Å². The molecule has 0 aromatic carbocycles. The minimum atomic E-state index is -4.69. The van der Waals surface area contributed by atoms with E-state index < -0.39 is 90.0 Å². The van der Waals surface area contributed by atoms with Crippen LogP contribution >= 0.6 is 37.2 Å². The number of unbranched alkanes of at least 4 members (excludes halogenated alkanes) is 40. The summed E-state index contributed by atoms with van der Waals surface area (Å²) in [6, 6.07) is 0. The minimum absolute atomic E-state index is 0.0569. The van der Waals surface area contributed by atoms with E-state index in [2.05, 4.69) is 37.7 Å². The van der Waals surface area contributed by atoms with E-state index in [0.29, 0.717) is 37.2 Å². The molecule has 24 heteroatoms. The first-order valence-corrected chi connectivity index (χ1v) is 43.6. The number of hydrogen-bond acceptors (Lipinski definition) is 20. The van der Waals surface area contributed by atoms with Crippen molar-refractivity contribution in [3.05, 3.63) is 0 Å². The molecule has 0 amide bonds. The van der Waals surface area contributed by atoms with Gasteiger partial charge in [0.2, 0.25) is 0 Å². The number of carbonyl (C=O) groups is 4. The maximum absolute atomic E-state index is 12.9. The molecule has 0 aliphatic heterocycles. The Bertz CT molecular complexity index is 1860. The second-order valence-corrected chi connectivity index (χ2v) is 31.2. The van der Waals surface area contributed by atoms with E-state index >= 15 is 0 Å². The van der Waals surface area contributed by atoms with Crippen LogP contribution in [0.25, 0.3) is 0 Å². The van der Waals surface area contributed by atoms with E-state index in [4.69, 9.17) is 37.0 Å². The van der Waals surface area contributed by atoms with Gasteiger partial charge in [0.1, 0.15) is 13.2 Å². The van der Waals surface area contributed by atoms with Gasteiger partial charge < -0.3 is 48.9 Å². The summed E-state index contributed by atoms with van der Waals surface area (Å²) in [4.78, 5) is 79.6. The SMILES string of the molecule is CCCCCCCCCCCCCC(=O)OCC(COP(=O)(O)OCCN=C([O-])CCSSCCC([O-])=NCCOP(=O)(O)OCC(COC(=O)CCCCCCCCCCCCC)OC(=O)CCCCCCCCCCCCC)OC(=O)CCCCCCCCCCCCC. The van der Waals surface area contributed by atoms with Crippen molar-refractivity contribution in [3.63, 3.8) is 0 Å². The molecule has 0 bridgehead atoms. The maximum atomic E-state index is 12.9. The van der Waals surface area contributed by atoms with Gasteiger partial charge in [-0.05, 0) is 50.3 Å². The predicted molar refractivity (Wildman–Crippen MR) is 388 cm³/mol. The first-order valence-electron chi connectivity index (χ1n) is 38.1. The van der Waals surface area contributed by atoms with Crippen LogP contribution in [0.2, 0.25) is 0 Å². The van der Waals surface area contributed by atoms with Crippen molar-refractivity contribution in [3.8, 4) is 0 Å². The molecule has 4 atom stereocenters. The van der Waals surface area contributed by atoms with E-state index in [9.17, 15) is 48.3 Å². The second-order valence-electron chi connectivity index (χ2n) is 25.6. The van der Waals surface area contributed by atoms with Gasteiger partial charge in [0, 0.05) is 37.2 Å². The summed E-state index contributed by atoms with van der Waals surface area (Å²) < 4.78 is 68.0. The summed E-state index contributed by atoms with van der Waals surface area (Å²) in [5.41, 5.74) is 0. The van der Waals surface area contributed by atoms with Crippen LogP contribution in [-0.4, -0.2) is 122 Å². The summed E-state index contributed by atoms with van der Waals surface area (Å²) in [6.07, 6.45) is 48.5. The fourth-order valence-corrected chi connectivity index (χ4v) is 14.0. The van der Waals surface area contributed by atoms with Crippen molar-refractivity contribution in [1.82, 2.24) is 0 Å². The van der Waals surface area contributed by atoms with Crippen LogP contribution in [0.3, 0.4) is 0 Å². The first-order chi connectivity index (χ1) is 46.6. The Labute approximate surface area is 590 Å². The highest BCUT2D eigenvalue weighted by Crippen LogP contribution is 2.44. The summed E-state index contributed by atoms with van der Waals surface area (Å²) in [5.74, 6) is -2.14. The molecule has 0 saturated heterocycles. The molecule has 20 nitrogen and oxygen atoms in total. The molecule has 0 saturated carbocycles. The molecule has 566 valence electrons. The van der Waals surface area contributed by atoms with Gasteiger partial charge in [-0.1, -0.05) is 306 Å². The number of aliphatic imine (C=N–C) groups is 2. The lowest BCUT2D eigenvalue weighted by Gasteiger charge is -2.20. The molecule has 4 unspecified atom stereocenters. The van der Waals surface area contributed by atoms with E-state index in [1.54, 1.807) is 0 Å². The molecule has 0 aromatic heterocycles. The molecule has 0 aliphatic rings. The molecule has 0 rings (SSSR count). The third kappa shape index (κ3) is 68.9. The third-order valence-electron chi connectivity index (χ3n) is 16.4. The number of phosphoric acid groups is 2. The number of rotatable bonds is 75. The van der Waals surface area contributed by atoms with Crippen LogP contribution in [0.15, 0.2) is 9.98 Å². The average Bonchev–Trinajstić information content (AvgIpc) is 1.43. The fraction of sp³-hybridized carbons (Fsp3) is 0.917. The number of esters is 4. The predicted octanol–water partition coefficient (Wildman–Crippen LogP) is 18.6. The number of ether oxygens (including phenoxy) is 4. The highest BCUT2D eigenvalue weighted by Gasteiger charge is 2.28. The van der Waals surface area contributed by atoms with Crippen LogP contribution in [0.4, 0.5) is 0 Å².